The molecule has 4 rings (SSSR count). The summed E-state index contributed by atoms with van der Waals surface area (Å²) in [5.41, 5.74) is 1.90. The van der Waals surface area contributed by atoms with Crippen LogP contribution < -0.4 is 0 Å². The molecule has 0 radical (unpaired) electrons. The zero-order valence-electron chi connectivity index (χ0n) is 18.4. The van der Waals surface area contributed by atoms with Crippen molar-refractivity contribution in [1.82, 2.24) is 19.3 Å². The first-order valence-electron chi connectivity index (χ1n) is 10.6. The predicted octanol–water partition coefficient (Wildman–Crippen LogP) is 3.76. The Morgan fingerprint density at radius 1 is 1.21 bits per heavy atom. The fraction of sp³-hybridized carbons (Fsp3) is 0.348. The van der Waals surface area contributed by atoms with E-state index < -0.39 is 15.9 Å². The Bertz CT molecular complexity index is 1240. The number of hydrogen-bond acceptors (Lipinski definition) is 6. The second kappa shape index (κ2) is 9.62. The minimum atomic E-state index is -3.70. The van der Waals surface area contributed by atoms with Gasteiger partial charge < -0.3 is 9.42 Å². The second-order valence-electron chi connectivity index (χ2n) is 8.18. The van der Waals surface area contributed by atoms with Crippen molar-refractivity contribution in [2.24, 2.45) is 5.92 Å². The molecule has 0 spiro atoms. The first kappa shape index (κ1) is 23.4. The van der Waals surface area contributed by atoms with Gasteiger partial charge in [-0.25, -0.2) is 8.42 Å². The van der Waals surface area contributed by atoms with Gasteiger partial charge in [-0.2, -0.15) is 9.29 Å². The Hall–Kier alpha value is -2.75. The maximum absolute atomic E-state index is 13.1. The van der Waals surface area contributed by atoms with E-state index in [2.05, 4.69) is 10.1 Å². The SMILES string of the molecule is Cc1ccccc1-c1noc(CN(C)C(=O)[C@@H]2CCCN(S(=O)(=O)c3ccc(Cl)cc3)C2)n1. The summed E-state index contributed by atoms with van der Waals surface area (Å²) in [4.78, 5) is 19.2. The van der Waals surface area contributed by atoms with Crippen LogP contribution in [0.4, 0.5) is 0 Å². The monoisotopic (exact) mass is 488 g/mol. The van der Waals surface area contributed by atoms with E-state index in [0.717, 1.165) is 11.1 Å². The van der Waals surface area contributed by atoms with Crippen LogP contribution in [0, 0.1) is 12.8 Å². The number of carbonyl (C=O) groups is 1. The Morgan fingerprint density at radius 3 is 2.67 bits per heavy atom. The number of sulfonamides is 1. The molecule has 1 aromatic heterocycles. The van der Waals surface area contributed by atoms with Gasteiger partial charge in [0.1, 0.15) is 0 Å². The van der Waals surface area contributed by atoms with Gasteiger partial charge >= 0.3 is 0 Å². The molecule has 1 fully saturated rings. The van der Waals surface area contributed by atoms with Gasteiger partial charge in [0.25, 0.3) is 0 Å². The van der Waals surface area contributed by atoms with Crippen LogP contribution in [0.3, 0.4) is 0 Å². The highest BCUT2D eigenvalue weighted by Crippen LogP contribution is 2.26. The standard InChI is InChI=1S/C23H25ClN4O4S/c1-16-6-3-4-8-20(16)22-25-21(32-26-22)15-27(2)23(29)17-7-5-13-28(14-17)33(30,31)19-11-9-18(24)10-12-19/h3-4,6,8-12,17H,5,7,13-15H2,1-2H3/t17-/m1/s1. The summed E-state index contributed by atoms with van der Waals surface area (Å²) < 4.78 is 32.8. The summed E-state index contributed by atoms with van der Waals surface area (Å²) >= 11 is 5.88. The maximum atomic E-state index is 13.1. The fourth-order valence-corrected chi connectivity index (χ4v) is 5.61. The van der Waals surface area contributed by atoms with Crippen LogP contribution in [-0.2, 0) is 21.4 Å². The summed E-state index contributed by atoms with van der Waals surface area (Å²) in [5, 5.41) is 4.50. The molecule has 1 saturated heterocycles. The number of aryl methyl sites for hydroxylation is 1. The van der Waals surface area contributed by atoms with E-state index in [1.807, 2.05) is 31.2 Å². The van der Waals surface area contributed by atoms with E-state index in [-0.39, 0.29) is 23.9 Å². The molecule has 2 heterocycles. The number of halogens is 1. The number of rotatable bonds is 6. The van der Waals surface area contributed by atoms with E-state index in [1.165, 1.54) is 21.3 Å². The van der Waals surface area contributed by atoms with Crippen LogP contribution in [0.1, 0.15) is 24.3 Å². The Kier molecular flexibility index (Phi) is 6.83. The van der Waals surface area contributed by atoms with E-state index in [1.54, 1.807) is 19.2 Å². The van der Waals surface area contributed by atoms with E-state index in [4.69, 9.17) is 16.1 Å². The van der Waals surface area contributed by atoms with Crippen molar-refractivity contribution < 1.29 is 17.7 Å². The Balaban J connectivity index is 1.42. The highest BCUT2D eigenvalue weighted by atomic mass is 35.5. The van der Waals surface area contributed by atoms with E-state index in [9.17, 15) is 13.2 Å². The first-order chi connectivity index (χ1) is 15.8. The van der Waals surface area contributed by atoms with Crippen molar-refractivity contribution in [2.45, 2.75) is 31.2 Å². The lowest BCUT2D eigenvalue weighted by Gasteiger charge is -2.33. The third-order valence-electron chi connectivity index (χ3n) is 5.79. The van der Waals surface area contributed by atoms with Gasteiger partial charge in [0.05, 0.1) is 17.4 Å². The van der Waals surface area contributed by atoms with Gasteiger partial charge in [-0.3, -0.25) is 4.79 Å². The average Bonchev–Trinajstić information content (AvgIpc) is 3.27. The normalized spacial score (nSPS) is 17.1. The van der Waals surface area contributed by atoms with Gasteiger partial charge in [0.2, 0.25) is 27.6 Å². The fourth-order valence-electron chi connectivity index (χ4n) is 3.96. The number of aromatic nitrogens is 2. The molecular weight excluding hydrogens is 464 g/mol. The van der Waals surface area contributed by atoms with Crippen molar-refractivity contribution in [2.75, 3.05) is 20.1 Å². The number of carbonyl (C=O) groups excluding carboxylic acids is 1. The molecule has 0 bridgehead atoms. The molecule has 0 aliphatic carbocycles. The minimum Gasteiger partial charge on any atom is -0.337 e. The summed E-state index contributed by atoms with van der Waals surface area (Å²) in [5.74, 6) is 0.207. The summed E-state index contributed by atoms with van der Waals surface area (Å²) in [6.07, 6.45) is 1.23. The van der Waals surface area contributed by atoms with Crippen molar-refractivity contribution in [3.05, 3.63) is 65.0 Å². The number of piperidine rings is 1. The first-order valence-corrected chi connectivity index (χ1v) is 12.5. The van der Waals surface area contributed by atoms with Crippen LogP contribution in [0.15, 0.2) is 57.9 Å². The third-order valence-corrected chi connectivity index (χ3v) is 7.92. The molecule has 0 N–H and O–H groups in total. The van der Waals surface area contributed by atoms with Crippen LogP contribution in [0.2, 0.25) is 5.02 Å². The second-order valence-corrected chi connectivity index (χ2v) is 10.6. The third kappa shape index (κ3) is 5.10. The number of amides is 1. The summed E-state index contributed by atoms with van der Waals surface area (Å²) in [6, 6.07) is 13.8. The molecule has 33 heavy (non-hydrogen) atoms. The zero-order valence-corrected chi connectivity index (χ0v) is 20.0. The van der Waals surface area contributed by atoms with Gasteiger partial charge in [-0.1, -0.05) is 41.0 Å². The lowest BCUT2D eigenvalue weighted by Crippen LogP contribution is -2.45. The molecule has 0 unspecified atom stereocenters. The smallest absolute Gasteiger partial charge is 0.246 e. The van der Waals surface area contributed by atoms with Crippen molar-refractivity contribution in [3.63, 3.8) is 0 Å². The molecular formula is C23H25ClN4O4S. The molecule has 2 aromatic carbocycles. The van der Waals surface area contributed by atoms with Crippen LogP contribution in [0.25, 0.3) is 11.4 Å². The molecule has 0 saturated carbocycles. The molecule has 3 aromatic rings. The molecule has 8 nitrogen and oxygen atoms in total. The molecule has 1 atom stereocenters. The summed E-state index contributed by atoms with van der Waals surface area (Å²) in [7, 11) is -2.04. The van der Waals surface area contributed by atoms with Crippen LogP contribution >= 0.6 is 11.6 Å². The van der Waals surface area contributed by atoms with E-state index in [0.29, 0.717) is 36.1 Å². The van der Waals surface area contributed by atoms with Crippen LogP contribution in [0.5, 0.6) is 0 Å². The maximum Gasteiger partial charge on any atom is 0.246 e. The molecule has 1 aliphatic heterocycles. The minimum absolute atomic E-state index is 0.131. The van der Waals surface area contributed by atoms with Crippen LogP contribution in [-0.4, -0.2) is 53.8 Å². The summed E-state index contributed by atoms with van der Waals surface area (Å²) in [6.45, 7) is 2.63. The lowest BCUT2D eigenvalue weighted by atomic mass is 9.98. The van der Waals surface area contributed by atoms with E-state index >= 15 is 0 Å². The van der Waals surface area contributed by atoms with Crippen molar-refractivity contribution in [1.29, 1.82) is 0 Å². The highest BCUT2D eigenvalue weighted by Gasteiger charge is 2.34. The largest absolute Gasteiger partial charge is 0.337 e. The van der Waals surface area contributed by atoms with Gasteiger partial charge in [-0.05, 0) is 49.6 Å². The average molecular weight is 489 g/mol. The number of benzene rings is 2. The lowest BCUT2D eigenvalue weighted by molar-refractivity contribution is -0.136. The van der Waals surface area contributed by atoms with Gasteiger partial charge in [0, 0.05) is 30.7 Å². The Labute approximate surface area is 198 Å². The molecule has 10 heteroatoms. The number of nitrogens with zero attached hydrogens (tertiary/aromatic N) is 4. The highest BCUT2D eigenvalue weighted by molar-refractivity contribution is 7.89. The molecule has 1 amide bonds. The number of hydrogen-bond donors (Lipinski definition) is 0. The quantitative estimate of drug-likeness (QED) is 0.524. The Morgan fingerprint density at radius 2 is 1.94 bits per heavy atom. The molecule has 174 valence electrons. The zero-order chi connectivity index (χ0) is 23.6. The topological polar surface area (TPSA) is 96.6 Å². The van der Waals surface area contributed by atoms with Crippen molar-refractivity contribution in [3.8, 4) is 11.4 Å². The van der Waals surface area contributed by atoms with Gasteiger partial charge in [0.15, 0.2) is 0 Å². The van der Waals surface area contributed by atoms with Gasteiger partial charge in [-0.15, -0.1) is 0 Å². The van der Waals surface area contributed by atoms with Crippen molar-refractivity contribution >= 4 is 27.5 Å². The predicted molar refractivity (Wildman–Crippen MR) is 124 cm³/mol. The molecule has 1 aliphatic rings.